The molecule has 10 nitrogen and oxygen atoms in total. The first-order valence-electron chi connectivity index (χ1n) is 14.2. The summed E-state index contributed by atoms with van der Waals surface area (Å²) in [6.45, 7) is 3.87. The Morgan fingerprint density at radius 3 is 2.55 bits per heavy atom. The lowest BCUT2D eigenvalue weighted by atomic mass is 9.85. The molecule has 1 fully saturated rings. The molecule has 1 saturated carbocycles. The van der Waals surface area contributed by atoms with Gasteiger partial charge in [0, 0.05) is 29.8 Å². The van der Waals surface area contributed by atoms with Crippen LogP contribution in [0, 0.1) is 11.3 Å². The fraction of sp³-hybridized carbons (Fsp3) is 0.483. The molecule has 1 aliphatic carbocycles. The van der Waals surface area contributed by atoms with Gasteiger partial charge >= 0.3 is 12.1 Å². The summed E-state index contributed by atoms with van der Waals surface area (Å²) in [7, 11) is -4.55. The monoisotopic (exact) mass is 651 g/mol. The van der Waals surface area contributed by atoms with Crippen molar-refractivity contribution in [3.8, 4) is 21.3 Å². The minimum atomic E-state index is -4.76. The van der Waals surface area contributed by atoms with E-state index in [0.717, 1.165) is 43.2 Å². The van der Waals surface area contributed by atoms with Gasteiger partial charge in [0.15, 0.2) is 5.01 Å². The van der Waals surface area contributed by atoms with Gasteiger partial charge < -0.3 is 9.52 Å². The summed E-state index contributed by atoms with van der Waals surface area (Å²) in [6.07, 6.45) is 4.26. The van der Waals surface area contributed by atoms with E-state index in [1.807, 2.05) is 0 Å². The average Bonchev–Trinajstić information content (AvgIpc) is 3.59. The normalized spacial score (nSPS) is 16.0. The number of hydrogen-bond acceptors (Lipinski definition) is 9. The number of carboxylic acids is 1. The SMILES string of the molecule is CC(NS(=O)(=O)c1ccc(-c2sc(-c3nnc(CC(C)(C)C(=O)O)o3)nc2CC2CCCCC2)c2ccncc12)C(F)(F)F. The second-order valence-corrected chi connectivity index (χ2v) is 14.5. The molecule has 4 aromatic rings. The van der Waals surface area contributed by atoms with Gasteiger partial charge in [-0.1, -0.05) is 38.2 Å². The van der Waals surface area contributed by atoms with Gasteiger partial charge in [0.05, 0.1) is 20.9 Å². The summed E-state index contributed by atoms with van der Waals surface area (Å²) in [4.78, 5) is 21.0. The van der Waals surface area contributed by atoms with E-state index in [4.69, 9.17) is 9.40 Å². The van der Waals surface area contributed by atoms with Crippen molar-refractivity contribution in [1.82, 2.24) is 24.9 Å². The third-order valence-electron chi connectivity index (χ3n) is 7.86. The molecule has 3 aromatic heterocycles. The van der Waals surface area contributed by atoms with E-state index in [0.29, 0.717) is 28.3 Å². The van der Waals surface area contributed by atoms with E-state index in [1.165, 1.54) is 36.2 Å². The number of aliphatic carboxylic acids is 1. The van der Waals surface area contributed by atoms with Crippen LogP contribution in [0.1, 0.15) is 64.5 Å². The number of alkyl halides is 3. The number of benzene rings is 1. The Morgan fingerprint density at radius 2 is 1.86 bits per heavy atom. The number of nitrogens with zero attached hydrogens (tertiary/aromatic N) is 4. The number of thiazole rings is 1. The van der Waals surface area contributed by atoms with Crippen LogP contribution < -0.4 is 4.72 Å². The zero-order chi connectivity index (χ0) is 31.9. The van der Waals surface area contributed by atoms with E-state index >= 15 is 0 Å². The van der Waals surface area contributed by atoms with E-state index in [9.17, 15) is 31.5 Å². The van der Waals surface area contributed by atoms with Gasteiger partial charge in [-0.2, -0.15) is 17.9 Å². The lowest BCUT2D eigenvalue weighted by Crippen LogP contribution is -2.43. The Kier molecular flexibility index (Phi) is 8.84. The number of sulfonamides is 1. The highest BCUT2D eigenvalue weighted by Gasteiger charge is 2.39. The van der Waals surface area contributed by atoms with Crippen LogP contribution in [0.4, 0.5) is 13.2 Å². The molecule has 15 heteroatoms. The molecular weight excluding hydrogens is 619 g/mol. The topological polar surface area (TPSA) is 148 Å². The molecule has 236 valence electrons. The molecule has 1 aromatic carbocycles. The van der Waals surface area contributed by atoms with Crippen molar-refractivity contribution in [2.45, 2.75) is 82.8 Å². The van der Waals surface area contributed by atoms with Gasteiger partial charge in [-0.25, -0.2) is 13.4 Å². The predicted molar refractivity (Wildman–Crippen MR) is 157 cm³/mol. The van der Waals surface area contributed by atoms with Crippen molar-refractivity contribution in [3.05, 3.63) is 42.2 Å². The molecule has 1 unspecified atom stereocenters. The number of rotatable bonds is 10. The Balaban J connectivity index is 1.59. The molecule has 0 bridgehead atoms. The van der Waals surface area contributed by atoms with Crippen molar-refractivity contribution in [2.75, 3.05) is 0 Å². The van der Waals surface area contributed by atoms with Crippen LogP contribution in [0.3, 0.4) is 0 Å². The molecule has 0 radical (unpaired) electrons. The molecule has 5 rings (SSSR count). The maximum atomic E-state index is 13.2. The van der Waals surface area contributed by atoms with Crippen LogP contribution in [0.5, 0.6) is 0 Å². The van der Waals surface area contributed by atoms with Crippen molar-refractivity contribution in [2.24, 2.45) is 11.3 Å². The number of pyridine rings is 1. The first kappa shape index (κ1) is 32.0. The number of carboxylic acid groups (broad SMARTS) is 1. The molecule has 1 aliphatic rings. The van der Waals surface area contributed by atoms with Gasteiger partial charge in [0.1, 0.15) is 6.04 Å². The summed E-state index contributed by atoms with van der Waals surface area (Å²) in [5.74, 6) is -0.311. The summed E-state index contributed by atoms with van der Waals surface area (Å²) in [5.41, 5.74) is 0.290. The van der Waals surface area contributed by atoms with Gasteiger partial charge in [0.25, 0.3) is 5.89 Å². The van der Waals surface area contributed by atoms with E-state index in [2.05, 4.69) is 15.2 Å². The number of fused-ring (bicyclic) bond motifs is 1. The smallest absolute Gasteiger partial charge is 0.404 e. The lowest BCUT2D eigenvalue weighted by molar-refractivity contribution is -0.147. The van der Waals surface area contributed by atoms with Gasteiger partial charge in [-0.3, -0.25) is 9.78 Å². The number of carbonyl (C=O) groups is 1. The Hall–Kier alpha value is -3.43. The van der Waals surface area contributed by atoms with Crippen LogP contribution in [0.15, 0.2) is 39.9 Å². The largest absolute Gasteiger partial charge is 0.481 e. The molecule has 0 aliphatic heterocycles. The molecule has 0 amide bonds. The van der Waals surface area contributed by atoms with Crippen molar-refractivity contribution in [1.29, 1.82) is 0 Å². The second kappa shape index (κ2) is 12.2. The lowest BCUT2D eigenvalue weighted by Gasteiger charge is -2.21. The summed E-state index contributed by atoms with van der Waals surface area (Å²) in [6, 6.07) is 2.20. The molecular formula is C29H32F3N5O5S2. The van der Waals surface area contributed by atoms with Gasteiger partial charge in [-0.05, 0) is 50.6 Å². The standard InChI is InChI=1S/C29H32F3N5O5S2/c1-16(29(30,31)32)37-44(40,41)22-10-9-19(18-11-12-33-15-20(18)22)24-21(13-17-7-5-4-6-8-17)34-26(43-24)25-36-35-23(42-25)14-28(2,3)27(38)39/h9-12,15-17,37H,4-8,13-14H2,1-3H3,(H,38,39). The van der Waals surface area contributed by atoms with Crippen LogP contribution in [-0.4, -0.2) is 51.9 Å². The highest BCUT2D eigenvalue weighted by atomic mass is 32.2. The number of aromatic nitrogens is 4. The number of hydrogen-bond donors (Lipinski definition) is 2. The molecule has 0 saturated heterocycles. The molecule has 1 atom stereocenters. The first-order valence-corrected chi connectivity index (χ1v) is 16.5. The summed E-state index contributed by atoms with van der Waals surface area (Å²) in [5, 5.41) is 18.7. The zero-order valence-corrected chi connectivity index (χ0v) is 25.9. The van der Waals surface area contributed by atoms with Gasteiger partial charge in [-0.15, -0.1) is 21.5 Å². The maximum absolute atomic E-state index is 13.2. The fourth-order valence-electron chi connectivity index (χ4n) is 5.28. The van der Waals surface area contributed by atoms with E-state index in [-0.39, 0.29) is 28.5 Å². The number of nitrogens with one attached hydrogen (secondary N) is 1. The highest BCUT2D eigenvalue weighted by molar-refractivity contribution is 7.89. The second-order valence-electron chi connectivity index (χ2n) is 11.8. The summed E-state index contributed by atoms with van der Waals surface area (Å²) < 4.78 is 73.4. The zero-order valence-electron chi connectivity index (χ0n) is 24.3. The minimum absolute atomic E-state index is 0.0249. The van der Waals surface area contributed by atoms with E-state index < -0.39 is 33.6 Å². The van der Waals surface area contributed by atoms with Crippen LogP contribution in [0.2, 0.25) is 0 Å². The fourth-order valence-corrected chi connectivity index (χ4v) is 7.76. The maximum Gasteiger partial charge on any atom is 0.404 e. The van der Waals surface area contributed by atoms with Gasteiger partial charge in [0.2, 0.25) is 15.9 Å². The Bertz CT molecular complexity index is 1780. The highest BCUT2D eigenvalue weighted by Crippen LogP contribution is 2.42. The van der Waals surface area contributed by atoms with Crippen molar-refractivity contribution >= 4 is 38.1 Å². The molecule has 44 heavy (non-hydrogen) atoms. The molecule has 2 N–H and O–H groups in total. The third-order valence-corrected chi connectivity index (χ3v) is 10.6. The van der Waals surface area contributed by atoms with Crippen molar-refractivity contribution in [3.63, 3.8) is 0 Å². The summed E-state index contributed by atoms with van der Waals surface area (Å²) >= 11 is 1.28. The quantitative estimate of drug-likeness (QED) is 0.198. The number of halogens is 3. The molecule has 3 heterocycles. The van der Waals surface area contributed by atoms with Crippen LogP contribution in [-0.2, 0) is 27.7 Å². The van der Waals surface area contributed by atoms with Crippen LogP contribution >= 0.6 is 11.3 Å². The van der Waals surface area contributed by atoms with Crippen molar-refractivity contribution < 1.29 is 35.9 Å². The average molecular weight is 652 g/mol. The molecule has 0 spiro atoms. The first-order chi connectivity index (χ1) is 20.7. The third kappa shape index (κ3) is 6.79. The minimum Gasteiger partial charge on any atom is -0.481 e. The van der Waals surface area contributed by atoms with E-state index in [1.54, 1.807) is 30.7 Å². The Labute approximate surface area is 256 Å². The predicted octanol–water partition coefficient (Wildman–Crippen LogP) is 6.41. The van der Waals surface area contributed by atoms with Crippen LogP contribution in [0.25, 0.3) is 32.1 Å². The Morgan fingerprint density at radius 1 is 1.14 bits per heavy atom.